The van der Waals surface area contributed by atoms with Crippen LogP contribution in [0, 0.1) is 6.92 Å². The van der Waals surface area contributed by atoms with Gasteiger partial charge in [-0.05, 0) is 77.3 Å². The smallest absolute Gasteiger partial charge is 0.307 e. The zero-order valence-electron chi connectivity index (χ0n) is 18.6. The number of ether oxygens (including phenoxy) is 2. The summed E-state index contributed by atoms with van der Waals surface area (Å²) in [6, 6.07) is 19.0. The summed E-state index contributed by atoms with van der Waals surface area (Å²) in [5.41, 5.74) is 6.10. The van der Waals surface area contributed by atoms with Gasteiger partial charge in [-0.1, -0.05) is 45.8 Å². The van der Waals surface area contributed by atoms with Crippen LogP contribution < -0.4 is 14.9 Å². The first kappa shape index (κ1) is 24.0. The van der Waals surface area contributed by atoms with Crippen molar-refractivity contribution >= 4 is 55.0 Å². The number of carbonyl (C=O) groups excluding carboxylic acids is 1. The van der Waals surface area contributed by atoms with E-state index in [0.717, 1.165) is 25.5 Å². The number of nitrogens with one attached hydrogen (secondary N) is 1. The van der Waals surface area contributed by atoms with E-state index in [1.165, 1.54) is 11.8 Å². The summed E-state index contributed by atoms with van der Waals surface area (Å²) in [4.78, 5) is 12.4. The van der Waals surface area contributed by atoms with Crippen LogP contribution in [0.4, 0.5) is 0 Å². The average Bonchev–Trinajstić information content (AvgIpc) is 3.22. The Morgan fingerprint density at radius 3 is 2.74 bits per heavy atom. The number of benzene rings is 3. The van der Waals surface area contributed by atoms with Gasteiger partial charge in [0.1, 0.15) is 12.2 Å². The third-order valence-electron chi connectivity index (χ3n) is 4.88. The number of carbonyl (C=O) groups is 1. The maximum atomic E-state index is 12.4. The summed E-state index contributed by atoms with van der Waals surface area (Å²) in [7, 11) is 0. The number of rotatable bonds is 8. The number of hydrazone groups is 1. The van der Waals surface area contributed by atoms with Crippen molar-refractivity contribution in [2.45, 2.75) is 20.5 Å². The van der Waals surface area contributed by atoms with Gasteiger partial charge in [-0.3, -0.25) is 4.79 Å². The van der Waals surface area contributed by atoms with Crippen molar-refractivity contribution in [3.05, 3.63) is 92.1 Å². The van der Waals surface area contributed by atoms with Crippen LogP contribution in [0.25, 0.3) is 11.0 Å². The van der Waals surface area contributed by atoms with Crippen molar-refractivity contribution in [2.24, 2.45) is 5.10 Å². The molecule has 0 saturated heterocycles. The highest BCUT2D eigenvalue weighted by Crippen LogP contribution is 2.37. The standard InChI is InChI=1S/C26H22Br2N2O4/c1-3-32-23-11-18(10-21(28)25(23)33-15-17-6-4-5-16(2)9-17)14-29-30-26(31)24-13-19-12-20(27)7-8-22(19)34-24/h4-14H,3,15H2,1-2H3,(H,30,31)/b29-14+. The first-order valence-electron chi connectivity index (χ1n) is 10.6. The van der Waals surface area contributed by atoms with Crippen LogP contribution in [-0.4, -0.2) is 18.7 Å². The molecule has 6 nitrogen and oxygen atoms in total. The van der Waals surface area contributed by atoms with Crippen LogP contribution in [0.2, 0.25) is 0 Å². The second-order valence-corrected chi connectivity index (χ2v) is 9.30. The van der Waals surface area contributed by atoms with E-state index in [2.05, 4.69) is 48.5 Å². The van der Waals surface area contributed by atoms with Gasteiger partial charge in [-0.15, -0.1) is 0 Å². The topological polar surface area (TPSA) is 73.1 Å². The molecule has 1 amide bonds. The largest absolute Gasteiger partial charge is 0.490 e. The van der Waals surface area contributed by atoms with E-state index in [0.29, 0.717) is 30.3 Å². The monoisotopic (exact) mass is 584 g/mol. The Labute approximate surface area is 214 Å². The predicted octanol–water partition coefficient (Wildman–Crippen LogP) is 7.01. The Hall–Kier alpha value is -3.10. The quantitative estimate of drug-likeness (QED) is 0.178. The molecule has 34 heavy (non-hydrogen) atoms. The minimum atomic E-state index is -0.439. The SMILES string of the molecule is CCOc1cc(/C=N/NC(=O)c2cc3cc(Br)ccc3o2)cc(Br)c1OCc1cccc(C)c1. The van der Waals surface area contributed by atoms with Crippen molar-refractivity contribution < 1.29 is 18.7 Å². The zero-order chi connectivity index (χ0) is 24.1. The fourth-order valence-electron chi connectivity index (χ4n) is 3.37. The Kier molecular flexibility index (Phi) is 7.70. The molecule has 0 atom stereocenters. The van der Waals surface area contributed by atoms with Crippen molar-refractivity contribution in [1.29, 1.82) is 0 Å². The molecule has 1 heterocycles. The van der Waals surface area contributed by atoms with E-state index in [1.54, 1.807) is 12.1 Å². The number of nitrogens with zero attached hydrogens (tertiary/aromatic N) is 1. The van der Waals surface area contributed by atoms with Gasteiger partial charge < -0.3 is 13.9 Å². The van der Waals surface area contributed by atoms with Crippen molar-refractivity contribution in [3.63, 3.8) is 0 Å². The molecule has 4 rings (SSSR count). The third-order valence-corrected chi connectivity index (χ3v) is 5.96. The van der Waals surface area contributed by atoms with Crippen molar-refractivity contribution in [2.75, 3.05) is 6.61 Å². The van der Waals surface area contributed by atoms with Crippen molar-refractivity contribution in [1.82, 2.24) is 5.43 Å². The van der Waals surface area contributed by atoms with Crippen LogP contribution in [0.5, 0.6) is 11.5 Å². The molecular weight excluding hydrogens is 564 g/mol. The fraction of sp³-hybridized carbons (Fsp3) is 0.154. The van der Waals surface area contributed by atoms with Gasteiger partial charge in [-0.2, -0.15) is 5.10 Å². The second kappa shape index (κ2) is 10.9. The fourth-order valence-corrected chi connectivity index (χ4v) is 4.32. The summed E-state index contributed by atoms with van der Waals surface area (Å²) in [6.07, 6.45) is 1.54. The lowest BCUT2D eigenvalue weighted by atomic mass is 10.1. The average molecular weight is 586 g/mol. The van der Waals surface area contributed by atoms with E-state index < -0.39 is 5.91 Å². The lowest BCUT2D eigenvalue weighted by Crippen LogP contribution is -2.16. The molecule has 4 aromatic rings. The molecule has 1 aromatic heterocycles. The number of amides is 1. The minimum absolute atomic E-state index is 0.182. The van der Waals surface area contributed by atoms with Gasteiger partial charge in [0.2, 0.25) is 0 Å². The van der Waals surface area contributed by atoms with E-state index >= 15 is 0 Å². The Morgan fingerprint density at radius 2 is 1.94 bits per heavy atom. The normalized spacial score (nSPS) is 11.2. The van der Waals surface area contributed by atoms with Crippen LogP contribution in [0.15, 0.2) is 79.1 Å². The van der Waals surface area contributed by atoms with Gasteiger partial charge in [-0.25, -0.2) is 5.43 Å². The summed E-state index contributed by atoms with van der Waals surface area (Å²) in [5, 5.41) is 4.90. The first-order valence-corrected chi connectivity index (χ1v) is 12.2. The molecule has 0 aliphatic heterocycles. The van der Waals surface area contributed by atoms with E-state index in [-0.39, 0.29) is 5.76 Å². The summed E-state index contributed by atoms with van der Waals surface area (Å²) >= 11 is 6.98. The van der Waals surface area contributed by atoms with Crippen LogP contribution >= 0.6 is 31.9 Å². The summed E-state index contributed by atoms with van der Waals surface area (Å²) in [5.74, 6) is 0.935. The molecule has 174 valence electrons. The molecule has 0 aliphatic carbocycles. The molecular formula is C26H22Br2N2O4. The molecule has 8 heteroatoms. The van der Waals surface area contributed by atoms with Gasteiger partial charge in [0.25, 0.3) is 0 Å². The first-order chi connectivity index (χ1) is 16.4. The molecule has 0 radical (unpaired) electrons. The minimum Gasteiger partial charge on any atom is -0.490 e. The van der Waals surface area contributed by atoms with Gasteiger partial charge >= 0.3 is 5.91 Å². The molecule has 0 aliphatic rings. The van der Waals surface area contributed by atoms with E-state index in [1.807, 2.05) is 56.3 Å². The van der Waals surface area contributed by atoms with E-state index in [9.17, 15) is 4.79 Å². The molecule has 0 fully saturated rings. The Bertz CT molecular complexity index is 1360. The predicted molar refractivity (Wildman–Crippen MR) is 140 cm³/mol. The van der Waals surface area contributed by atoms with Gasteiger partial charge in [0.15, 0.2) is 17.3 Å². The number of halogens is 2. The number of aryl methyl sites for hydroxylation is 1. The van der Waals surface area contributed by atoms with Gasteiger partial charge in [0, 0.05) is 9.86 Å². The van der Waals surface area contributed by atoms with Crippen LogP contribution in [-0.2, 0) is 6.61 Å². The maximum absolute atomic E-state index is 12.4. The maximum Gasteiger partial charge on any atom is 0.307 e. The Morgan fingerprint density at radius 1 is 1.09 bits per heavy atom. The highest BCUT2D eigenvalue weighted by molar-refractivity contribution is 9.10. The van der Waals surface area contributed by atoms with Crippen LogP contribution in [0.1, 0.15) is 34.2 Å². The highest BCUT2D eigenvalue weighted by Gasteiger charge is 2.14. The van der Waals surface area contributed by atoms with E-state index in [4.69, 9.17) is 13.9 Å². The lowest BCUT2D eigenvalue weighted by Gasteiger charge is -2.15. The van der Waals surface area contributed by atoms with Gasteiger partial charge in [0.05, 0.1) is 17.3 Å². The lowest BCUT2D eigenvalue weighted by molar-refractivity contribution is 0.0929. The molecule has 1 N–H and O–H groups in total. The zero-order valence-corrected chi connectivity index (χ0v) is 21.8. The molecule has 0 saturated carbocycles. The summed E-state index contributed by atoms with van der Waals surface area (Å²) in [6.45, 7) is 4.85. The molecule has 3 aromatic carbocycles. The number of furan rings is 1. The van der Waals surface area contributed by atoms with Crippen LogP contribution in [0.3, 0.4) is 0 Å². The Balaban J connectivity index is 1.46. The second-order valence-electron chi connectivity index (χ2n) is 7.53. The number of hydrogen-bond donors (Lipinski definition) is 1. The number of fused-ring (bicyclic) bond motifs is 1. The summed E-state index contributed by atoms with van der Waals surface area (Å²) < 4.78 is 19.1. The molecule has 0 unspecified atom stereocenters. The number of hydrogen-bond acceptors (Lipinski definition) is 5. The highest BCUT2D eigenvalue weighted by atomic mass is 79.9. The molecule has 0 bridgehead atoms. The van der Waals surface area contributed by atoms with Crippen molar-refractivity contribution in [3.8, 4) is 11.5 Å². The third kappa shape index (κ3) is 5.87. The molecule has 0 spiro atoms.